The van der Waals surface area contributed by atoms with Crippen LogP contribution in [0.25, 0.3) is 0 Å². The van der Waals surface area contributed by atoms with E-state index in [1.807, 2.05) is 27.2 Å². The van der Waals surface area contributed by atoms with Crippen LogP contribution in [0, 0.1) is 0 Å². The first-order valence-electron chi connectivity index (χ1n) is 26.2. The molecule has 0 aromatic carbocycles. The van der Waals surface area contributed by atoms with Gasteiger partial charge < -0.3 is 19.8 Å². The van der Waals surface area contributed by atoms with Crippen molar-refractivity contribution in [2.24, 2.45) is 0 Å². The number of quaternary nitrogens is 1. The molecule has 8 nitrogen and oxygen atoms in total. The number of nitrogens with zero attached hydrogens (tertiary/aromatic N) is 1. The van der Waals surface area contributed by atoms with E-state index in [1.165, 1.54) is 128 Å². The van der Waals surface area contributed by atoms with Gasteiger partial charge in [-0.25, -0.2) is 4.57 Å². The van der Waals surface area contributed by atoms with Gasteiger partial charge in [-0.3, -0.25) is 13.8 Å². The second-order valence-corrected chi connectivity index (χ2v) is 20.3. The van der Waals surface area contributed by atoms with E-state index in [4.69, 9.17) is 9.05 Å². The molecule has 3 atom stereocenters. The highest BCUT2D eigenvalue weighted by Crippen LogP contribution is 2.43. The molecule has 0 aliphatic rings. The molecule has 0 radical (unpaired) electrons. The van der Waals surface area contributed by atoms with Gasteiger partial charge in [0.2, 0.25) is 5.91 Å². The van der Waals surface area contributed by atoms with Crippen molar-refractivity contribution in [2.45, 2.75) is 238 Å². The Morgan fingerprint density at radius 3 is 1.43 bits per heavy atom. The van der Waals surface area contributed by atoms with Crippen molar-refractivity contribution < 1.29 is 32.9 Å². The van der Waals surface area contributed by atoms with Crippen LogP contribution in [0.1, 0.15) is 226 Å². The highest BCUT2D eigenvalue weighted by Gasteiger charge is 2.27. The number of allylic oxidation sites excluding steroid dienone is 9. The van der Waals surface area contributed by atoms with Gasteiger partial charge in [-0.2, -0.15) is 0 Å². The highest BCUT2D eigenvalue weighted by molar-refractivity contribution is 7.47. The smallest absolute Gasteiger partial charge is 0.387 e. The summed E-state index contributed by atoms with van der Waals surface area (Å²) in [5.74, 6) is -0.207. The number of likely N-dealkylation sites (N-methyl/N-ethyl adjacent to an activating group) is 1. The number of unbranched alkanes of at least 4 members (excludes halogenated alkanes) is 26. The molecule has 0 saturated heterocycles. The predicted octanol–water partition coefficient (Wildman–Crippen LogP) is 15.4. The molecule has 0 spiro atoms. The molecule has 3 unspecified atom stereocenters. The van der Waals surface area contributed by atoms with Crippen molar-refractivity contribution in [1.82, 2.24) is 5.32 Å². The molecule has 0 fully saturated rings. The van der Waals surface area contributed by atoms with Crippen LogP contribution in [0.4, 0.5) is 0 Å². The molecule has 3 N–H and O–H groups in total. The molecule has 0 saturated carbocycles. The molecule has 0 heterocycles. The SMILES string of the molecule is CCC/C=C\C/C=C\CCCCCCCC(=O)NC(COP(=O)(O)OCC[N+](C)(C)C)C(O)/C=C/CC/C=C/CC/C=C/CCCCCCCCCCCCCCCCCCCC. The molecular weight excluding hydrogens is 804 g/mol. The topological polar surface area (TPSA) is 105 Å². The fourth-order valence-electron chi connectivity index (χ4n) is 7.29. The zero-order valence-corrected chi connectivity index (χ0v) is 42.7. The summed E-state index contributed by atoms with van der Waals surface area (Å²) in [5, 5.41) is 13.8. The van der Waals surface area contributed by atoms with E-state index in [0.29, 0.717) is 17.4 Å². The molecule has 0 aromatic rings. The Morgan fingerprint density at radius 2 is 0.952 bits per heavy atom. The van der Waals surface area contributed by atoms with Crippen molar-refractivity contribution >= 4 is 13.7 Å². The lowest BCUT2D eigenvalue weighted by Gasteiger charge is -2.25. The number of aliphatic hydroxyl groups is 1. The lowest BCUT2D eigenvalue weighted by Crippen LogP contribution is -2.45. The van der Waals surface area contributed by atoms with Gasteiger partial charge in [0.15, 0.2) is 0 Å². The normalized spacial score (nSPS) is 14.6. The summed E-state index contributed by atoms with van der Waals surface area (Å²) in [6.45, 7) is 4.71. The third kappa shape index (κ3) is 48.0. The van der Waals surface area contributed by atoms with Gasteiger partial charge in [0.25, 0.3) is 0 Å². The molecule has 9 heteroatoms. The van der Waals surface area contributed by atoms with Crippen LogP contribution in [0.3, 0.4) is 0 Å². The van der Waals surface area contributed by atoms with E-state index in [1.54, 1.807) is 6.08 Å². The van der Waals surface area contributed by atoms with Crippen molar-refractivity contribution in [2.75, 3.05) is 40.9 Å². The molecule has 0 bridgehead atoms. The Kier molecular flexibility index (Phi) is 44.1. The van der Waals surface area contributed by atoms with Crippen LogP contribution in [-0.2, 0) is 18.4 Å². The highest BCUT2D eigenvalue weighted by atomic mass is 31.2. The number of amides is 1. The number of aliphatic hydroxyl groups excluding tert-OH is 1. The summed E-state index contributed by atoms with van der Waals surface area (Å²) in [6, 6.07) is -0.879. The second-order valence-electron chi connectivity index (χ2n) is 18.9. The molecule has 0 aromatic heterocycles. The zero-order chi connectivity index (χ0) is 46.4. The molecule has 0 aliphatic carbocycles. The monoisotopic (exact) mass is 906 g/mol. The lowest BCUT2D eigenvalue weighted by molar-refractivity contribution is -0.870. The van der Waals surface area contributed by atoms with Gasteiger partial charge in [0.05, 0.1) is 39.9 Å². The maximum atomic E-state index is 12.9. The van der Waals surface area contributed by atoms with Gasteiger partial charge in [-0.1, -0.05) is 209 Å². The summed E-state index contributed by atoms with van der Waals surface area (Å²) in [6.07, 6.45) is 60.4. The molecule has 1 amide bonds. The van der Waals surface area contributed by atoms with Gasteiger partial charge in [-0.05, 0) is 70.6 Å². The van der Waals surface area contributed by atoms with E-state index < -0.39 is 20.0 Å². The molecule has 0 aliphatic heterocycles. The minimum atomic E-state index is -4.36. The standard InChI is InChI=1S/C54H101N2O6P/c1-6-8-10-12-14-16-18-20-21-22-23-24-25-26-27-28-29-30-31-32-33-34-36-37-39-41-43-45-47-53(57)52(51-62-63(59,60)61-50-49-56(3,4)5)55-54(58)48-46-44-42-40-38-35-19-17-15-13-11-9-7-2/h11,13,17,19,32-33,37,39,45,47,52-53,57H,6-10,12,14-16,18,20-31,34-36,38,40-44,46,48-51H2,1-5H3,(H-,55,58,59,60)/p+1/b13-11-,19-17-,33-32+,39-37+,47-45+. The first-order valence-corrected chi connectivity index (χ1v) is 27.7. The van der Waals surface area contributed by atoms with Crippen molar-refractivity contribution in [3.05, 3.63) is 60.8 Å². The van der Waals surface area contributed by atoms with Crippen LogP contribution < -0.4 is 5.32 Å². The van der Waals surface area contributed by atoms with Gasteiger partial charge in [0, 0.05) is 6.42 Å². The van der Waals surface area contributed by atoms with E-state index in [-0.39, 0.29) is 19.1 Å². The fraction of sp³-hybridized carbons (Fsp3) is 0.796. The lowest BCUT2D eigenvalue weighted by atomic mass is 10.0. The number of hydrogen-bond donors (Lipinski definition) is 3. The third-order valence-corrected chi connectivity index (χ3v) is 12.4. The van der Waals surface area contributed by atoms with Gasteiger partial charge >= 0.3 is 7.82 Å². The average molecular weight is 906 g/mol. The number of phosphoric ester groups is 1. The molecule has 0 rings (SSSR count). The summed E-state index contributed by atoms with van der Waals surface area (Å²) >= 11 is 0. The van der Waals surface area contributed by atoms with Crippen LogP contribution in [-0.4, -0.2) is 73.4 Å². The van der Waals surface area contributed by atoms with Crippen LogP contribution >= 0.6 is 7.82 Å². The summed E-state index contributed by atoms with van der Waals surface area (Å²) < 4.78 is 23.6. The van der Waals surface area contributed by atoms with Crippen LogP contribution in [0.15, 0.2) is 60.8 Å². The molecular formula is C54H102N2O6P+. The van der Waals surface area contributed by atoms with Gasteiger partial charge in [0.1, 0.15) is 13.2 Å². The van der Waals surface area contributed by atoms with Crippen molar-refractivity contribution in [1.29, 1.82) is 0 Å². The predicted molar refractivity (Wildman–Crippen MR) is 272 cm³/mol. The quantitative estimate of drug-likeness (QED) is 0.0243. The fourth-order valence-corrected chi connectivity index (χ4v) is 8.02. The molecule has 63 heavy (non-hydrogen) atoms. The van der Waals surface area contributed by atoms with Gasteiger partial charge in [-0.15, -0.1) is 0 Å². The number of rotatable bonds is 47. The number of carbonyl (C=O) groups excluding carboxylic acids is 1. The minimum Gasteiger partial charge on any atom is -0.387 e. The average Bonchev–Trinajstić information content (AvgIpc) is 3.24. The Balaban J connectivity index is 4.28. The second kappa shape index (κ2) is 45.4. The minimum absolute atomic E-state index is 0.0485. The van der Waals surface area contributed by atoms with E-state index in [0.717, 1.165) is 77.0 Å². The number of nitrogens with one attached hydrogen (secondary N) is 1. The van der Waals surface area contributed by atoms with E-state index in [2.05, 4.69) is 67.8 Å². The maximum Gasteiger partial charge on any atom is 0.472 e. The third-order valence-electron chi connectivity index (χ3n) is 11.4. The van der Waals surface area contributed by atoms with Crippen molar-refractivity contribution in [3.63, 3.8) is 0 Å². The van der Waals surface area contributed by atoms with Crippen molar-refractivity contribution in [3.8, 4) is 0 Å². The first-order chi connectivity index (χ1) is 30.5. The van der Waals surface area contributed by atoms with E-state index >= 15 is 0 Å². The summed E-state index contributed by atoms with van der Waals surface area (Å²) in [4.78, 5) is 23.1. The number of phosphoric acid groups is 1. The maximum absolute atomic E-state index is 12.9. The largest absolute Gasteiger partial charge is 0.472 e. The Labute approximate surface area is 390 Å². The van der Waals surface area contributed by atoms with E-state index in [9.17, 15) is 19.4 Å². The van der Waals surface area contributed by atoms with Crippen LogP contribution in [0.5, 0.6) is 0 Å². The Morgan fingerprint density at radius 1 is 0.540 bits per heavy atom. The summed E-state index contributed by atoms with van der Waals surface area (Å²) in [7, 11) is 1.53. The number of hydrogen-bond acceptors (Lipinski definition) is 5. The summed E-state index contributed by atoms with van der Waals surface area (Å²) in [5.41, 5.74) is 0. The molecule has 368 valence electrons. The Hall–Kier alpha value is -1.80. The first kappa shape index (κ1) is 61.2. The Bertz CT molecular complexity index is 1210. The zero-order valence-electron chi connectivity index (χ0n) is 41.8. The van der Waals surface area contributed by atoms with Crippen LogP contribution in [0.2, 0.25) is 0 Å². The number of carbonyl (C=O) groups is 1.